The summed E-state index contributed by atoms with van der Waals surface area (Å²) in [6.45, 7) is 6.14. The Hall–Kier alpha value is -1.46. The van der Waals surface area contributed by atoms with E-state index in [9.17, 15) is 4.79 Å². The lowest BCUT2D eigenvalue weighted by Gasteiger charge is -2.38. The maximum Gasteiger partial charge on any atom is 0.237 e. The zero-order valence-electron chi connectivity index (χ0n) is 14.0. The minimum Gasteiger partial charge on any atom is -0.352 e. The number of amides is 1. The minimum absolute atomic E-state index is 0.0162. The minimum atomic E-state index is 0.0162. The molecule has 2 saturated heterocycles. The zero-order valence-corrected chi connectivity index (χ0v) is 14.0. The molecule has 0 saturated carbocycles. The predicted octanol–water partition coefficient (Wildman–Crippen LogP) is 1.55. The fraction of sp³-hybridized carbons (Fsp3) is 0.667. The molecule has 3 rings (SSSR count). The fourth-order valence-corrected chi connectivity index (χ4v) is 3.67. The van der Waals surface area contributed by atoms with Crippen LogP contribution in [0.1, 0.15) is 38.3 Å². The van der Waals surface area contributed by atoms with Gasteiger partial charge in [-0.25, -0.2) is 0 Å². The van der Waals surface area contributed by atoms with Gasteiger partial charge in [-0.15, -0.1) is 0 Å². The summed E-state index contributed by atoms with van der Waals surface area (Å²) in [5.74, 6) is 0.666. The molecule has 5 heteroatoms. The van der Waals surface area contributed by atoms with Gasteiger partial charge in [0.15, 0.2) is 0 Å². The number of carbonyl (C=O) groups is 1. The van der Waals surface area contributed by atoms with Crippen molar-refractivity contribution in [2.75, 3.05) is 19.6 Å². The summed E-state index contributed by atoms with van der Waals surface area (Å²) in [7, 11) is 0. The normalized spacial score (nSPS) is 29.2. The second-order valence-electron chi connectivity index (χ2n) is 6.94. The van der Waals surface area contributed by atoms with E-state index in [1.54, 1.807) is 0 Å². The lowest BCUT2D eigenvalue weighted by molar-refractivity contribution is -0.125. The molecule has 2 N–H and O–H groups in total. The maximum absolute atomic E-state index is 12.4. The largest absolute Gasteiger partial charge is 0.352 e. The van der Waals surface area contributed by atoms with Gasteiger partial charge in [0.05, 0.1) is 11.7 Å². The Morgan fingerprint density at radius 1 is 1.39 bits per heavy atom. The third kappa shape index (κ3) is 4.52. The lowest BCUT2D eigenvalue weighted by atomic mass is 9.93. The molecule has 0 spiro atoms. The molecule has 1 aromatic rings. The van der Waals surface area contributed by atoms with E-state index in [0.717, 1.165) is 51.1 Å². The molecule has 2 fully saturated rings. The second kappa shape index (κ2) is 7.88. The number of carbonyl (C=O) groups excluding carboxylic acids is 1. The molecule has 2 aliphatic heterocycles. The van der Waals surface area contributed by atoms with Crippen molar-refractivity contribution >= 4 is 5.91 Å². The van der Waals surface area contributed by atoms with Crippen molar-refractivity contribution in [3.63, 3.8) is 0 Å². The van der Waals surface area contributed by atoms with Gasteiger partial charge in [-0.05, 0) is 43.9 Å². The highest BCUT2D eigenvalue weighted by atomic mass is 16.2. The third-order valence-corrected chi connectivity index (χ3v) is 5.06. The van der Waals surface area contributed by atoms with Gasteiger partial charge in [0.25, 0.3) is 0 Å². The van der Waals surface area contributed by atoms with Crippen molar-refractivity contribution in [3.8, 4) is 0 Å². The van der Waals surface area contributed by atoms with Crippen molar-refractivity contribution in [1.82, 2.24) is 20.5 Å². The molecule has 0 aliphatic carbocycles. The third-order valence-electron chi connectivity index (χ3n) is 5.06. The number of nitrogens with zero attached hydrogens (tertiary/aromatic N) is 2. The second-order valence-corrected chi connectivity index (χ2v) is 6.94. The summed E-state index contributed by atoms with van der Waals surface area (Å²) in [6, 6.07) is 6.38. The summed E-state index contributed by atoms with van der Waals surface area (Å²) >= 11 is 0. The van der Waals surface area contributed by atoms with E-state index >= 15 is 0 Å². The highest BCUT2D eigenvalue weighted by molar-refractivity contribution is 5.82. The topological polar surface area (TPSA) is 57.3 Å². The van der Waals surface area contributed by atoms with Crippen LogP contribution in [0.4, 0.5) is 0 Å². The first kappa shape index (κ1) is 16.4. The van der Waals surface area contributed by atoms with Crippen LogP contribution in [0.2, 0.25) is 0 Å². The van der Waals surface area contributed by atoms with Crippen LogP contribution in [0.15, 0.2) is 24.4 Å². The fourth-order valence-electron chi connectivity index (χ4n) is 3.67. The van der Waals surface area contributed by atoms with Gasteiger partial charge in [0.2, 0.25) is 5.91 Å². The van der Waals surface area contributed by atoms with Crippen LogP contribution in [0.25, 0.3) is 0 Å². The Balaban J connectivity index is 1.47. The van der Waals surface area contributed by atoms with E-state index in [4.69, 9.17) is 0 Å². The van der Waals surface area contributed by atoms with Gasteiger partial charge in [-0.1, -0.05) is 19.4 Å². The number of aromatic nitrogens is 1. The van der Waals surface area contributed by atoms with Gasteiger partial charge in [-0.3, -0.25) is 14.7 Å². The van der Waals surface area contributed by atoms with Crippen LogP contribution in [0, 0.1) is 5.92 Å². The van der Waals surface area contributed by atoms with E-state index in [0.29, 0.717) is 12.0 Å². The monoisotopic (exact) mass is 316 g/mol. The lowest BCUT2D eigenvalue weighted by Crippen LogP contribution is -2.54. The molecule has 23 heavy (non-hydrogen) atoms. The SMILES string of the molecule is C[C@@H]1CN(Cc2ccccn2)CC[C@H]1NC(=O)[C@H]1CCCCN1. The molecule has 1 aromatic heterocycles. The van der Waals surface area contributed by atoms with E-state index in [1.165, 1.54) is 6.42 Å². The summed E-state index contributed by atoms with van der Waals surface area (Å²) in [5.41, 5.74) is 1.12. The van der Waals surface area contributed by atoms with Crippen molar-refractivity contribution in [2.24, 2.45) is 5.92 Å². The molecule has 0 unspecified atom stereocenters. The van der Waals surface area contributed by atoms with Crippen molar-refractivity contribution in [1.29, 1.82) is 0 Å². The first-order chi connectivity index (χ1) is 11.2. The van der Waals surface area contributed by atoms with E-state index in [-0.39, 0.29) is 11.9 Å². The molecule has 5 nitrogen and oxygen atoms in total. The standard InChI is InChI=1S/C18H28N4O/c1-14-12-22(13-15-6-2-4-9-19-15)11-8-16(14)21-18(23)17-7-3-5-10-20-17/h2,4,6,9,14,16-17,20H,3,5,7-8,10-13H2,1H3,(H,21,23)/t14-,16-,17-/m1/s1. The molecular formula is C18H28N4O. The van der Waals surface area contributed by atoms with Crippen molar-refractivity contribution in [3.05, 3.63) is 30.1 Å². The number of rotatable bonds is 4. The Labute approximate surface area is 138 Å². The van der Waals surface area contributed by atoms with Crippen molar-refractivity contribution in [2.45, 2.75) is 51.2 Å². The zero-order chi connectivity index (χ0) is 16.1. The predicted molar refractivity (Wildman–Crippen MR) is 90.9 cm³/mol. The van der Waals surface area contributed by atoms with Crippen LogP contribution in [0.5, 0.6) is 0 Å². The molecule has 1 amide bonds. The smallest absolute Gasteiger partial charge is 0.237 e. The highest BCUT2D eigenvalue weighted by Gasteiger charge is 2.29. The first-order valence-electron chi connectivity index (χ1n) is 8.88. The molecule has 2 aliphatic rings. The van der Waals surface area contributed by atoms with Gasteiger partial charge >= 0.3 is 0 Å². The van der Waals surface area contributed by atoms with Crippen LogP contribution in [0.3, 0.4) is 0 Å². The first-order valence-corrected chi connectivity index (χ1v) is 8.88. The maximum atomic E-state index is 12.4. The molecule has 0 aromatic carbocycles. The number of likely N-dealkylation sites (tertiary alicyclic amines) is 1. The van der Waals surface area contributed by atoms with E-state index < -0.39 is 0 Å². The molecule has 0 bridgehead atoms. The van der Waals surface area contributed by atoms with E-state index in [2.05, 4.69) is 33.5 Å². The quantitative estimate of drug-likeness (QED) is 0.885. The summed E-state index contributed by atoms with van der Waals surface area (Å²) < 4.78 is 0. The molecule has 3 atom stereocenters. The van der Waals surface area contributed by atoms with Crippen LogP contribution >= 0.6 is 0 Å². The molecule has 3 heterocycles. The molecule has 126 valence electrons. The Morgan fingerprint density at radius 2 is 2.30 bits per heavy atom. The Kier molecular flexibility index (Phi) is 5.62. The number of piperidine rings is 2. The average molecular weight is 316 g/mol. The van der Waals surface area contributed by atoms with Gasteiger partial charge in [0, 0.05) is 31.9 Å². The summed E-state index contributed by atoms with van der Waals surface area (Å²) in [4.78, 5) is 19.2. The Bertz CT molecular complexity index is 501. The van der Waals surface area contributed by atoms with Crippen LogP contribution in [-0.4, -0.2) is 47.5 Å². The van der Waals surface area contributed by atoms with Crippen LogP contribution in [-0.2, 0) is 11.3 Å². The number of pyridine rings is 1. The number of hydrogen-bond donors (Lipinski definition) is 2. The summed E-state index contributed by atoms with van der Waals surface area (Å²) in [6.07, 6.45) is 6.18. The molecular weight excluding hydrogens is 288 g/mol. The molecule has 0 radical (unpaired) electrons. The summed E-state index contributed by atoms with van der Waals surface area (Å²) in [5, 5.41) is 6.61. The number of nitrogens with one attached hydrogen (secondary N) is 2. The van der Waals surface area contributed by atoms with Crippen LogP contribution < -0.4 is 10.6 Å². The highest BCUT2D eigenvalue weighted by Crippen LogP contribution is 2.19. The Morgan fingerprint density at radius 3 is 3.00 bits per heavy atom. The average Bonchev–Trinajstić information content (AvgIpc) is 2.59. The van der Waals surface area contributed by atoms with Gasteiger partial charge in [0.1, 0.15) is 0 Å². The van der Waals surface area contributed by atoms with Gasteiger partial charge < -0.3 is 10.6 Å². The number of hydrogen-bond acceptors (Lipinski definition) is 4. The van der Waals surface area contributed by atoms with Crippen molar-refractivity contribution < 1.29 is 4.79 Å². The van der Waals surface area contributed by atoms with E-state index in [1.807, 2.05) is 18.3 Å². The van der Waals surface area contributed by atoms with Gasteiger partial charge in [-0.2, -0.15) is 0 Å².